The SMILES string of the molecule is CCn1c(SCC(=O)N/N=C/C=C\c2ccccc2OC)nnc1-c1ccc(C(C)(C)C)cc1. The molecule has 3 aromatic rings. The molecule has 0 aliphatic rings. The van der Waals surface area contributed by atoms with Gasteiger partial charge in [-0.15, -0.1) is 10.2 Å². The fourth-order valence-electron chi connectivity index (χ4n) is 3.28. The highest BCUT2D eigenvalue weighted by Gasteiger charge is 2.17. The van der Waals surface area contributed by atoms with Crippen molar-refractivity contribution < 1.29 is 9.53 Å². The van der Waals surface area contributed by atoms with E-state index in [1.807, 2.05) is 41.8 Å². The van der Waals surface area contributed by atoms with Gasteiger partial charge in [-0.3, -0.25) is 4.79 Å². The molecule has 0 unspecified atom stereocenters. The quantitative estimate of drug-likeness (QED) is 0.261. The van der Waals surface area contributed by atoms with Crippen molar-refractivity contribution in [3.8, 4) is 17.1 Å². The first-order chi connectivity index (χ1) is 16.3. The topological polar surface area (TPSA) is 81.4 Å². The molecule has 0 fully saturated rings. The van der Waals surface area contributed by atoms with Crippen LogP contribution in [0.2, 0.25) is 0 Å². The number of nitrogens with zero attached hydrogens (tertiary/aromatic N) is 4. The summed E-state index contributed by atoms with van der Waals surface area (Å²) in [6, 6.07) is 16.1. The van der Waals surface area contributed by atoms with Crippen LogP contribution in [0.3, 0.4) is 0 Å². The first kappa shape index (κ1) is 25.2. The van der Waals surface area contributed by atoms with Crippen LogP contribution in [0.15, 0.2) is 64.9 Å². The number of thioether (sulfide) groups is 1. The van der Waals surface area contributed by atoms with Gasteiger partial charge in [-0.25, -0.2) is 5.43 Å². The van der Waals surface area contributed by atoms with Crippen molar-refractivity contribution in [2.24, 2.45) is 5.10 Å². The fraction of sp³-hybridized carbons (Fsp3) is 0.308. The molecule has 1 amide bonds. The molecule has 0 aliphatic carbocycles. The Balaban J connectivity index is 1.56. The van der Waals surface area contributed by atoms with E-state index in [1.165, 1.54) is 23.5 Å². The maximum absolute atomic E-state index is 12.2. The molecule has 0 radical (unpaired) electrons. The van der Waals surface area contributed by atoms with Crippen LogP contribution in [0.4, 0.5) is 0 Å². The van der Waals surface area contributed by atoms with E-state index in [0.717, 1.165) is 22.7 Å². The highest BCUT2D eigenvalue weighted by atomic mass is 32.2. The highest BCUT2D eigenvalue weighted by molar-refractivity contribution is 7.99. The number of methoxy groups -OCH3 is 1. The molecule has 34 heavy (non-hydrogen) atoms. The summed E-state index contributed by atoms with van der Waals surface area (Å²) in [5, 5.41) is 13.3. The second-order valence-electron chi connectivity index (χ2n) is 8.58. The fourth-order valence-corrected chi connectivity index (χ4v) is 4.07. The minimum atomic E-state index is -0.214. The molecule has 0 atom stereocenters. The van der Waals surface area contributed by atoms with Gasteiger partial charge in [-0.05, 0) is 36.1 Å². The van der Waals surface area contributed by atoms with Crippen LogP contribution in [0.1, 0.15) is 38.8 Å². The van der Waals surface area contributed by atoms with Gasteiger partial charge in [0.15, 0.2) is 11.0 Å². The van der Waals surface area contributed by atoms with Crippen LogP contribution in [0, 0.1) is 0 Å². The van der Waals surface area contributed by atoms with Gasteiger partial charge >= 0.3 is 0 Å². The number of hydrogen-bond acceptors (Lipinski definition) is 6. The normalized spacial score (nSPS) is 11.9. The number of benzene rings is 2. The molecule has 1 aromatic heterocycles. The number of amides is 1. The summed E-state index contributed by atoms with van der Waals surface area (Å²) in [6.45, 7) is 9.32. The molecular formula is C26H31N5O2S. The van der Waals surface area contributed by atoms with Crippen molar-refractivity contribution in [3.05, 3.63) is 65.7 Å². The third-order valence-electron chi connectivity index (χ3n) is 5.14. The largest absolute Gasteiger partial charge is 0.496 e. The van der Waals surface area contributed by atoms with E-state index in [9.17, 15) is 4.79 Å². The summed E-state index contributed by atoms with van der Waals surface area (Å²) >= 11 is 1.34. The van der Waals surface area contributed by atoms with Crippen LogP contribution < -0.4 is 10.2 Å². The van der Waals surface area contributed by atoms with Crippen LogP contribution in [-0.4, -0.2) is 39.7 Å². The summed E-state index contributed by atoms with van der Waals surface area (Å²) < 4.78 is 7.32. The molecule has 0 aliphatic heterocycles. The molecule has 1 N–H and O–H groups in total. The Bertz CT molecular complexity index is 1160. The molecule has 7 nitrogen and oxygen atoms in total. The number of aromatic nitrogens is 3. The predicted molar refractivity (Wildman–Crippen MR) is 139 cm³/mol. The Labute approximate surface area is 205 Å². The average Bonchev–Trinajstić information content (AvgIpc) is 3.25. The molecule has 0 saturated heterocycles. The molecule has 1 heterocycles. The summed E-state index contributed by atoms with van der Waals surface area (Å²) in [4.78, 5) is 12.2. The van der Waals surface area contributed by atoms with E-state index in [1.54, 1.807) is 13.2 Å². The van der Waals surface area contributed by atoms with Crippen molar-refractivity contribution in [3.63, 3.8) is 0 Å². The monoisotopic (exact) mass is 477 g/mol. The van der Waals surface area contributed by atoms with E-state index in [4.69, 9.17) is 4.74 Å². The van der Waals surface area contributed by atoms with E-state index < -0.39 is 0 Å². The molecule has 3 rings (SSSR count). The maximum Gasteiger partial charge on any atom is 0.250 e. The predicted octanol–water partition coefficient (Wildman–Crippen LogP) is 5.18. The summed E-state index contributed by atoms with van der Waals surface area (Å²) in [6.07, 6.45) is 5.14. The number of hydrazone groups is 1. The minimum Gasteiger partial charge on any atom is -0.496 e. The number of nitrogens with one attached hydrogen (secondary N) is 1. The van der Waals surface area contributed by atoms with Crippen molar-refractivity contribution in [2.75, 3.05) is 12.9 Å². The zero-order chi connectivity index (χ0) is 24.6. The van der Waals surface area contributed by atoms with E-state index in [-0.39, 0.29) is 17.1 Å². The third-order valence-corrected chi connectivity index (χ3v) is 6.11. The van der Waals surface area contributed by atoms with Gasteiger partial charge in [-0.2, -0.15) is 5.10 Å². The summed E-state index contributed by atoms with van der Waals surface area (Å²) in [5.74, 6) is 1.55. The lowest BCUT2D eigenvalue weighted by atomic mass is 9.87. The Hall–Kier alpha value is -3.39. The van der Waals surface area contributed by atoms with E-state index in [2.05, 4.69) is 65.8 Å². The second-order valence-corrected chi connectivity index (χ2v) is 9.52. The smallest absolute Gasteiger partial charge is 0.250 e. The van der Waals surface area contributed by atoms with Gasteiger partial charge < -0.3 is 9.30 Å². The Morgan fingerprint density at radius 1 is 1.15 bits per heavy atom. The minimum absolute atomic E-state index is 0.0953. The zero-order valence-corrected chi connectivity index (χ0v) is 21.1. The number of rotatable bonds is 9. The standard InChI is InChI=1S/C26H31N5O2S/c1-6-31-24(20-13-15-21(16-14-20)26(2,3)4)29-30-25(31)34-18-23(32)28-27-17-9-11-19-10-7-8-12-22(19)33-5/h7-17H,6,18H2,1-5H3,(H,28,32)/b11-9-,27-17+. The molecule has 178 valence electrons. The molecule has 2 aromatic carbocycles. The molecule has 0 saturated carbocycles. The molecule has 8 heteroatoms. The second kappa shape index (κ2) is 11.7. The van der Waals surface area contributed by atoms with Gasteiger partial charge in [0.05, 0.1) is 12.9 Å². The highest BCUT2D eigenvalue weighted by Crippen LogP contribution is 2.27. The summed E-state index contributed by atoms with van der Waals surface area (Å²) in [5.41, 5.74) is 5.83. The van der Waals surface area contributed by atoms with Crippen LogP contribution in [0.5, 0.6) is 5.75 Å². The number of para-hydroxylation sites is 1. The van der Waals surface area contributed by atoms with Crippen LogP contribution >= 0.6 is 11.8 Å². The number of carbonyl (C=O) groups is 1. The van der Waals surface area contributed by atoms with Gasteiger partial charge in [0, 0.05) is 23.9 Å². The van der Waals surface area contributed by atoms with Gasteiger partial charge in [-0.1, -0.05) is 75.0 Å². The van der Waals surface area contributed by atoms with Gasteiger partial charge in [0.1, 0.15) is 5.75 Å². The number of carbonyl (C=O) groups excluding carboxylic acids is 1. The lowest BCUT2D eigenvalue weighted by Crippen LogP contribution is -2.19. The molecule has 0 spiro atoms. The van der Waals surface area contributed by atoms with Crippen molar-refractivity contribution in [1.29, 1.82) is 0 Å². The van der Waals surface area contributed by atoms with Crippen LogP contribution in [-0.2, 0) is 16.8 Å². The average molecular weight is 478 g/mol. The van der Waals surface area contributed by atoms with Crippen LogP contribution in [0.25, 0.3) is 17.5 Å². The third kappa shape index (κ3) is 6.57. The van der Waals surface area contributed by atoms with Crippen molar-refractivity contribution in [1.82, 2.24) is 20.2 Å². The lowest BCUT2D eigenvalue weighted by Gasteiger charge is -2.19. The lowest BCUT2D eigenvalue weighted by molar-refractivity contribution is -0.118. The Morgan fingerprint density at radius 3 is 2.56 bits per heavy atom. The molecule has 0 bridgehead atoms. The van der Waals surface area contributed by atoms with Crippen molar-refractivity contribution >= 4 is 30.0 Å². The Morgan fingerprint density at radius 2 is 1.88 bits per heavy atom. The first-order valence-corrected chi connectivity index (χ1v) is 12.1. The number of allylic oxidation sites excluding steroid dienone is 1. The van der Waals surface area contributed by atoms with Gasteiger partial charge in [0.25, 0.3) is 5.91 Å². The Kier molecular flexibility index (Phi) is 8.65. The zero-order valence-electron chi connectivity index (χ0n) is 20.3. The number of hydrogen-bond donors (Lipinski definition) is 1. The first-order valence-electron chi connectivity index (χ1n) is 11.1. The number of ether oxygens (including phenoxy) is 1. The van der Waals surface area contributed by atoms with E-state index in [0.29, 0.717) is 11.7 Å². The van der Waals surface area contributed by atoms with Gasteiger partial charge in [0.2, 0.25) is 0 Å². The van der Waals surface area contributed by atoms with Crippen molar-refractivity contribution in [2.45, 2.75) is 44.8 Å². The molecular weight excluding hydrogens is 446 g/mol. The summed E-state index contributed by atoms with van der Waals surface area (Å²) in [7, 11) is 1.63. The van der Waals surface area contributed by atoms with E-state index >= 15 is 0 Å². The maximum atomic E-state index is 12.2.